The van der Waals surface area contributed by atoms with Crippen molar-refractivity contribution in [3.8, 4) is 0 Å². The van der Waals surface area contributed by atoms with Gasteiger partial charge in [0, 0.05) is 30.1 Å². The SMILES string of the molecule is CN1CCSCC1c1noc(C2CC3CCC2N3)n1. The number of rotatable bonds is 2. The van der Waals surface area contributed by atoms with Crippen LogP contribution in [-0.4, -0.2) is 52.2 Å². The van der Waals surface area contributed by atoms with E-state index in [4.69, 9.17) is 9.51 Å². The minimum atomic E-state index is 0.322. The number of hydrogen-bond donors (Lipinski definition) is 1. The quantitative estimate of drug-likeness (QED) is 0.884. The van der Waals surface area contributed by atoms with Crippen molar-refractivity contribution in [1.29, 1.82) is 0 Å². The summed E-state index contributed by atoms with van der Waals surface area (Å²) in [4.78, 5) is 7.05. The first-order chi connectivity index (χ1) is 9.31. The molecule has 3 aliphatic rings. The predicted molar refractivity (Wildman–Crippen MR) is 74.3 cm³/mol. The predicted octanol–water partition coefficient (Wildman–Crippen LogP) is 1.40. The summed E-state index contributed by atoms with van der Waals surface area (Å²) in [6, 6.07) is 1.57. The van der Waals surface area contributed by atoms with Gasteiger partial charge in [0.1, 0.15) is 0 Å². The molecule has 104 valence electrons. The summed E-state index contributed by atoms with van der Waals surface area (Å²) >= 11 is 1.98. The van der Waals surface area contributed by atoms with Crippen LogP contribution in [0.15, 0.2) is 4.52 Å². The highest BCUT2D eigenvalue weighted by Gasteiger charge is 2.43. The van der Waals surface area contributed by atoms with Crippen molar-refractivity contribution < 1.29 is 4.52 Å². The molecule has 0 spiro atoms. The zero-order chi connectivity index (χ0) is 12.8. The average molecular weight is 280 g/mol. The van der Waals surface area contributed by atoms with Crippen LogP contribution in [0.5, 0.6) is 0 Å². The van der Waals surface area contributed by atoms with E-state index in [1.54, 1.807) is 0 Å². The zero-order valence-electron chi connectivity index (χ0n) is 11.2. The summed E-state index contributed by atoms with van der Waals surface area (Å²) in [5, 5.41) is 7.88. The van der Waals surface area contributed by atoms with Gasteiger partial charge in [-0.05, 0) is 26.3 Å². The maximum atomic E-state index is 5.57. The molecule has 0 aromatic carbocycles. The monoisotopic (exact) mass is 280 g/mol. The van der Waals surface area contributed by atoms with Gasteiger partial charge in [0.15, 0.2) is 5.82 Å². The topological polar surface area (TPSA) is 54.2 Å². The summed E-state index contributed by atoms with van der Waals surface area (Å²) < 4.78 is 5.57. The zero-order valence-corrected chi connectivity index (χ0v) is 12.0. The average Bonchev–Trinajstić information content (AvgIpc) is 3.15. The van der Waals surface area contributed by atoms with E-state index in [-0.39, 0.29) is 0 Å². The molecule has 19 heavy (non-hydrogen) atoms. The standard InChI is InChI=1S/C13H20N4OS/c1-17-4-5-19-7-11(17)12-15-13(18-16-12)9-6-8-2-3-10(9)14-8/h8-11,14H,2-7H2,1H3. The summed E-state index contributed by atoms with van der Waals surface area (Å²) in [5.41, 5.74) is 0. The molecule has 1 N–H and O–H groups in total. The largest absolute Gasteiger partial charge is 0.339 e. The van der Waals surface area contributed by atoms with E-state index in [1.165, 1.54) is 25.0 Å². The van der Waals surface area contributed by atoms with Crippen LogP contribution >= 0.6 is 11.8 Å². The Hall–Kier alpha value is -0.590. The molecule has 0 radical (unpaired) electrons. The first kappa shape index (κ1) is 12.2. The molecule has 4 unspecified atom stereocenters. The molecule has 0 aliphatic carbocycles. The van der Waals surface area contributed by atoms with Crippen LogP contribution in [0.25, 0.3) is 0 Å². The minimum Gasteiger partial charge on any atom is -0.339 e. The first-order valence-corrected chi connectivity index (χ1v) is 8.34. The van der Waals surface area contributed by atoms with Crippen molar-refractivity contribution in [2.24, 2.45) is 0 Å². The normalized spacial score (nSPS) is 39.0. The Labute approximate surface area is 117 Å². The van der Waals surface area contributed by atoms with E-state index >= 15 is 0 Å². The highest BCUT2D eigenvalue weighted by atomic mass is 32.2. The fourth-order valence-electron chi connectivity index (χ4n) is 3.59. The number of nitrogens with zero attached hydrogens (tertiary/aromatic N) is 3. The van der Waals surface area contributed by atoms with Gasteiger partial charge in [-0.15, -0.1) is 0 Å². The molecule has 3 fully saturated rings. The Balaban J connectivity index is 1.53. The van der Waals surface area contributed by atoms with Crippen molar-refractivity contribution in [1.82, 2.24) is 20.4 Å². The number of thioether (sulfide) groups is 1. The molecule has 1 aromatic rings. The Morgan fingerprint density at radius 3 is 3.11 bits per heavy atom. The van der Waals surface area contributed by atoms with E-state index in [0.29, 0.717) is 24.0 Å². The van der Waals surface area contributed by atoms with Gasteiger partial charge in [-0.2, -0.15) is 16.7 Å². The lowest BCUT2D eigenvalue weighted by atomic mass is 9.89. The molecule has 0 amide bonds. The van der Waals surface area contributed by atoms with Gasteiger partial charge in [-0.25, -0.2) is 0 Å². The smallest absolute Gasteiger partial charge is 0.231 e. The maximum Gasteiger partial charge on any atom is 0.231 e. The molecule has 0 saturated carbocycles. The maximum absolute atomic E-state index is 5.57. The molecule has 2 bridgehead atoms. The number of fused-ring (bicyclic) bond motifs is 2. The van der Waals surface area contributed by atoms with Gasteiger partial charge in [0.05, 0.1) is 12.0 Å². The summed E-state index contributed by atoms with van der Waals surface area (Å²) in [6.07, 6.45) is 3.73. The van der Waals surface area contributed by atoms with Crippen LogP contribution in [0.4, 0.5) is 0 Å². The molecule has 4 atom stereocenters. The number of nitrogens with one attached hydrogen (secondary N) is 1. The van der Waals surface area contributed by atoms with Gasteiger partial charge in [-0.1, -0.05) is 5.16 Å². The Morgan fingerprint density at radius 1 is 1.42 bits per heavy atom. The molecule has 6 heteroatoms. The highest BCUT2D eigenvalue weighted by molar-refractivity contribution is 7.99. The molecule has 4 heterocycles. The molecular formula is C13H20N4OS. The van der Waals surface area contributed by atoms with E-state index in [2.05, 4.69) is 22.4 Å². The van der Waals surface area contributed by atoms with Crippen LogP contribution in [-0.2, 0) is 0 Å². The lowest BCUT2D eigenvalue weighted by molar-refractivity contribution is 0.255. The van der Waals surface area contributed by atoms with Crippen LogP contribution in [0.2, 0.25) is 0 Å². The van der Waals surface area contributed by atoms with Crippen LogP contribution < -0.4 is 5.32 Å². The minimum absolute atomic E-state index is 0.322. The Bertz CT molecular complexity index is 449. The van der Waals surface area contributed by atoms with Gasteiger partial charge in [0.25, 0.3) is 0 Å². The van der Waals surface area contributed by atoms with Gasteiger partial charge < -0.3 is 9.84 Å². The lowest BCUT2D eigenvalue weighted by Crippen LogP contribution is -2.33. The Morgan fingerprint density at radius 2 is 2.37 bits per heavy atom. The molecule has 4 rings (SSSR count). The molecule has 1 aromatic heterocycles. The first-order valence-electron chi connectivity index (χ1n) is 7.19. The van der Waals surface area contributed by atoms with E-state index in [0.717, 1.165) is 24.0 Å². The van der Waals surface area contributed by atoms with Crippen molar-refractivity contribution in [2.75, 3.05) is 25.1 Å². The van der Waals surface area contributed by atoms with E-state index in [9.17, 15) is 0 Å². The Kier molecular flexibility index (Phi) is 3.04. The van der Waals surface area contributed by atoms with Crippen LogP contribution in [0, 0.1) is 0 Å². The summed E-state index contributed by atoms with van der Waals surface area (Å²) in [5.74, 6) is 4.46. The van der Waals surface area contributed by atoms with Crippen molar-refractivity contribution >= 4 is 11.8 Å². The second-order valence-electron chi connectivity index (χ2n) is 5.95. The molecule has 3 aliphatic heterocycles. The third-order valence-electron chi connectivity index (χ3n) is 4.77. The highest BCUT2D eigenvalue weighted by Crippen LogP contribution is 2.39. The third-order valence-corrected chi connectivity index (χ3v) is 5.79. The summed E-state index contributed by atoms with van der Waals surface area (Å²) in [6.45, 7) is 1.11. The van der Waals surface area contributed by atoms with Crippen LogP contribution in [0.1, 0.15) is 42.9 Å². The van der Waals surface area contributed by atoms with E-state index < -0.39 is 0 Å². The third kappa shape index (κ3) is 2.10. The number of aromatic nitrogens is 2. The summed E-state index contributed by atoms with van der Waals surface area (Å²) in [7, 11) is 2.15. The number of hydrogen-bond acceptors (Lipinski definition) is 6. The van der Waals surface area contributed by atoms with Gasteiger partial charge in [-0.3, -0.25) is 4.90 Å². The fraction of sp³-hybridized carbons (Fsp3) is 0.846. The molecule has 3 saturated heterocycles. The lowest BCUT2D eigenvalue weighted by Gasteiger charge is -2.29. The second kappa shape index (κ2) is 4.75. The van der Waals surface area contributed by atoms with Crippen molar-refractivity contribution in [2.45, 2.75) is 43.3 Å². The van der Waals surface area contributed by atoms with Crippen molar-refractivity contribution in [3.63, 3.8) is 0 Å². The van der Waals surface area contributed by atoms with Crippen LogP contribution in [0.3, 0.4) is 0 Å². The second-order valence-corrected chi connectivity index (χ2v) is 7.10. The van der Waals surface area contributed by atoms with E-state index in [1.807, 2.05) is 11.8 Å². The molecule has 5 nitrogen and oxygen atoms in total. The van der Waals surface area contributed by atoms with Gasteiger partial charge >= 0.3 is 0 Å². The van der Waals surface area contributed by atoms with Gasteiger partial charge in [0.2, 0.25) is 5.89 Å². The fourth-order valence-corrected chi connectivity index (χ4v) is 4.80. The molecular weight excluding hydrogens is 260 g/mol. The van der Waals surface area contributed by atoms with Crippen molar-refractivity contribution in [3.05, 3.63) is 11.7 Å².